The molecular formula is C14H12F3NO2S. The lowest BCUT2D eigenvalue weighted by molar-refractivity contribution is -0.138. The van der Waals surface area contributed by atoms with Gasteiger partial charge in [0.05, 0.1) is 11.1 Å². The van der Waals surface area contributed by atoms with Gasteiger partial charge in [0.25, 0.3) is 0 Å². The molecule has 2 rings (SSSR count). The number of carbonyl (C=O) groups is 1. The van der Waals surface area contributed by atoms with Gasteiger partial charge in [-0.25, -0.2) is 4.79 Å². The van der Waals surface area contributed by atoms with Crippen LogP contribution in [0.1, 0.15) is 26.4 Å². The minimum absolute atomic E-state index is 0.341. The fourth-order valence-corrected chi connectivity index (χ4v) is 2.69. The Bertz CT molecular complexity index is 664. The molecule has 2 aromatic rings. The van der Waals surface area contributed by atoms with Crippen LogP contribution in [0.2, 0.25) is 0 Å². The Labute approximate surface area is 123 Å². The summed E-state index contributed by atoms with van der Waals surface area (Å²) in [7, 11) is 0. The van der Waals surface area contributed by atoms with Gasteiger partial charge in [-0.05, 0) is 42.1 Å². The minimum atomic E-state index is -4.68. The van der Waals surface area contributed by atoms with Crippen LogP contribution in [-0.2, 0) is 12.7 Å². The molecule has 0 radical (unpaired) electrons. The van der Waals surface area contributed by atoms with Crippen LogP contribution in [0.25, 0.3) is 0 Å². The predicted octanol–water partition coefficient (Wildman–Crippen LogP) is 4.39. The van der Waals surface area contributed by atoms with E-state index in [0.717, 1.165) is 22.6 Å². The first-order valence-electron chi connectivity index (χ1n) is 6.00. The quantitative estimate of drug-likeness (QED) is 0.880. The molecule has 0 aliphatic carbocycles. The summed E-state index contributed by atoms with van der Waals surface area (Å²) in [6.07, 6.45) is -4.68. The van der Waals surface area contributed by atoms with Crippen LogP contribution < -0.4 is 5.32 Å². The molecule has 21 heavy (non-hydrogen) atoms. The average Bonchev–Trinajstić information content (AvgIpc) is 2.80. The third-order valence-corrected chi connectivity index (χ3v) is 4.00. The van der Waals surface area contributed by atoms with E-state index in [1.807, 2.05) is 18.4 Å². The van der Waals surface area contributed by atoms with Crippen molar-refractivity contribution >= 4 is 23.0 Å². The number of nitrogens with one attached hydrogen (secondary N) is 1. The van der Waals surface area contributed by atoms with E-state index in [1.54, 1.807) is 0 Å². The molecule has 3 nitrogen and oxygen atoms in total. The Morgan fingerprint density at radius 2 is 2.05 bits per heavy atom. The molecule has 0 aliphatic heterocycles. The number of benzene rings is 1. The topological polar surface area (TPSA) is 49.3 Å². The van der Waals surface area contributed by atoms with Gasteiger partial charge in [-0.15, -0.1) is 11.3 Å². The van der Waals surface area contributed by atoms with E-state index < -0.39 is 23.3 Å². The number of anilines is 1. The smallest absolute Gasteiger partial charge is 0.417 e. The molecule has 2 N–H and O–H groups in total. The maximum absolute atomic E-state index is 12.7. The number of hydrogen-bond donors (Lipinski definition) is 2. The lowest BCUT2D eigenvalue weighted by Crippen LogP contribution is -2.13. The first-order valence-corrected chi connectivity index (χ1v) is 6.88. The van der Waals surface area contributed by atoms with Gasteiger partial charge in [0.15, 0.2) is 0 Å². The number of carboxylic acid groups (broad SMARTS) is 1. The van der Waals surface area contributed by atoms with Crippen LogP contribution in [0.15, 0.2) is 29.6 Å². The summed E-state index contributed by atoms with van der Waals surface area (Å²) >= 11 is 1.53. The van der Waals surface area contributed by atoms with Gasteiger partial charge in [-0.3, -0.25) is 0 Å². The van der Waals surface area contributed by atoms with E-state index in [4.69, 9.17) is 5.11 Å². The second-order valence-electron chi connectivity index (χ2n) is 4.44. The van der Waals surface area contributed by atoms with Crippen LogP contribution in [0, 0.1) is 6.92 Å². The highest BCUT2D eigenvalue weighted by molar-refractivity contribution is 7.10. The fraction of sp³-hybridized carbons (Fsp3) is 0.214. The molecule has 112 valence electrons. The number of aryl methyl sites for hydroxylation is 1. The Kier molecular flexibility index (Phi) is 4.22. The number of rotatable bonds is 4. The largest absolute Gasteiger partial charge is 0.478 e. The molecule has 0 atom stereocenters. The Balaban J connectivity index is 2.24. The van der Waals surface area contributed by atoms with Crippen molar-refractivity contribution in [2.45, 2.75) is 19.6 Å². The van der Waals surface area contributed by atoms with Gasteiger partial charge < -0.3 is 10.4 Å². The van der Waals surface area contributed by atoms with Crippen LogP contribution in [0.3, 0.4) is 0 Å². The normalized spacial score (nSPS) is 11.4. The van der Waals surface area contributed by atoms with Crippen molar-refractivity contribution in [2.75, 3.05) is 5.32 Å². The van der Waals surface area contributed by atoms with E-state index in [9.17, 15) is 18.0 Å². The maximum Gasteiger partial charge on any atom is 0.417 e. The van der Waals surface area contributed by atoms with Gasteiger partial charge in [-0.2, -0.15) is 13.2 Å². The maximum atomic E-state index is 12.7. The van der Waals surface area contributed by atoms with Gasteiger partial charge in [0, 0.05) is 17.1 Å². The third kappa shape index (κ3) is 3.55. The second kappa shape index (κ2) is 5.77. The molecule has 0 fully saturated rings. The Hall–Kier alpha value is -2.02. The number of carboxylic acids is 1. The highest BCUT2D eigenvalue weighted by atomic mass is 32.1. The fourth-order valence-electron chi connectivity index (χ4n) is 1.85. The van der Waals surface area contributed by atoms with E-state index in [0.29, 0.717) is 12.2 Å². The van der Waals surface area contributed by atoms with Crippen LogP contribution in [0.4, 0.5) is 18.9 Å². The molecule has 0 unspecified atom stereocenters. The van der Waals surface area contributed by atoms with E-state index >= 15 is 0 Å². The van der Waals surface area contributed by atoms with Crippen molar-refractivity contribution in [3.8, 4) is 0 Å². The summed E-state index contributed by atoms with van der Waals surface area (Å²) in [6, 6.07) is 4.97. The van der Waals surface area contributed by atoms with Gasteiger partial charge in [0.1, 0.15) is 0 Å². The first-order chi connectivity index (χ1) is 9.79. The summed E-state index contributed by atoms with van der Waals surface area (Å²) in [5.74, 6) is -1.60. The van der Waals surface area contributed by atoms with Crippen molar-refractivity contribution in [1.29, 1.82) is 0 Å². The van der Waals surface area contributed by atoms with Crippen molar-refractivity contribution in [3.05, 3.63) is 51.2 Å². The molecule has 0 amide bonds. The predicted molar refractivity (Wildman–Crippen MR) is 74.8 cm³/mol. The molecule has 1 aromatic heterocycles. The molecule has 0 saturated carbocycles. The Morgan fingerprint density at radius 1 is 1.33 bits per heavy atom. The molecule has 0 saturated heterocycles. The molecule has 7 heteroatoms. The SMILES string of the molecule is Cc1ccsc1CNc1ccc(C(F)(F)F)c(C(=O)O)c1. The molecule has 1 heterocycles. The Morgan fingerprint density at radius 3 is 2.57 bits per heavy atom. The summed E-state index contributed by atoms with van der Waals surface area (Å²) in [6.45, 7) is 2.37. The monoisotopic (exact) mass is 315 g/mol. The van der Waals surface area contributed by atoms with Crippen LogP contribution in [0.5, 0.6) is 0 Å². The van der Waals surface area contributed by atoms with Crippen molar-refractivity contribution in [3.63, 3.8) is 0 Å². The molecule has 0 spiro atoms. The van der Waals surface area contributed by atoms with E-state index in [2.05, 4.69) is 5.32 Å². The van der Waals surface area contributed by atoms with Crippen molar-refractivity contribution < 1.29 is 23.1 Å². The van der Waals surface area contributed by atoms with Gasteiger partial charge in [0.2, 0.25) is 0 Å². The number of alkyl halides is 3. The van der Waals surface area contributed by atoms with E-state index in [-0.39, 0.29) is 0 Å². The number of aromatic carboxylic acids is 1. The van der Waals surface area contributed by atoms with Gasteiger partial charge in [-0.1, -0.05) is 0 Å². The van der Waals surface area contributed by atoms with Crippen molar-refractivity contribution in [1.82, 2.24) is 0 Å². The highest BCUT2D eigenvalue weighted by Gasteiger charge is 2.35. The second-order valence-corrected chi connectivity index (χ2v) is 5.44. The van der Waals surface area contributed by atoms with Gasteiger partial charge >= 0.3 is 12.1 Å². The molecular weight excluding hydrogens is 303 g/mol. The molecule has 0 bridgehead atoms. The molecule has 0 aliphatic rings. The van der Waals surface area contributed by atoms with E-state index in [1.165, 1.54) is 17.4 Å². The lowest BCUT2D eigenvalue weighted by atomic mass is 10.1. The number of halogens is 3. The zero-order valence-corrected chi connectivity index (χ0v) is 11.8. The van der Waals surface area contributed by atoms with Crippen LogP contribution in [-0.4, -0.2) is 11.1 Å². The minimum Gasteiger partial charge on any atom is -0.478 e. The number of thiophene rings is 1. The number of hydrogen-bond acceptors (Lipinski definition) is 3. The van der Waals surface area contributed by atoms with Crippen molar-refractivity contribution in [2.24, 2.45) is 0 Å². The lowest BCUT2D eigenvalue weighted by Gasteiger charge is -2.13. The van der Waals surface area contributed by atoms with Crippen LogP contribution >= 0.6 is 11.3 Å². The zero-order chi connectivity index (χ0) is 15.6. The third-order valence-electron chi connectivity index (χ3n) is 2.98. The highest BCUT2D eigenvalue weighted by Crippen LogP contribution is 2.33. The first kappa shape index (κ1) is 15.4. The molecule has 1 aromatic carbocycles. The summed E-state index contributed by atoms with van der Waals surface area (Å²) < 4.78 is 38.2. The zero-order valence-electron chi connectivity index (χ0n) is 11.0. The summed E-state index contributed by atoms with van der Waals surface area (Å²) in [4.78, 5) is 12.0. The summed E-state index contributed by atoms with van der Waals surface area (Å²) in [5.41, 5.74) is -0.477. The average molecular weight is 315 g/mol. The summed E-state index contributed by atoms with van der Waals surface area (Å²) in [5, 5.41) is 13.8. The standard InChI is InChI=1S/C14H12F3NO2S/c1-8-4-5-21-12(8)7-18-9-2-3-11(14(15,16)17)10(6-9)13(19)20/h2-6,18H,7H2,1H3,(H,19,20).